The Hall–Kier alpha value is -1.94. The van der Waals surface area contributed by atoms with Gasteiger partial charge in [-0.3, -0.25) is 37.3 Å². The second-order valence-electron chi connectivity index (χ2n) is 27.1. The fourth-order valence-corrected chi connectivity index (χ4v) is 12.2. The largest absolute Gasteiger partial charge is 0.472 e. The van der Waals surface area contributed by atoms with Crippen LogP contribution in [0.15, 0.2) is 0 Å². The summed E-state index contributed by atoms with van der Waals surface area (Å²) in [5, 5.41) is 10.6. The van der Waals surface area contributed by atoms with Crippen LogP contribution >= 0.6 is 15.6 Å². The van der Waals surface area contributed by atoms with E-state index in [-0.39, 0.29) is 25.7 Å². The van der Waals surface area contributed by atoms with Crippen LogP contribution in [0.3, 0.4) is 0 Å². The van der Waals surface area contributed by atoms with Gasteiger partial charge in [-0.1, -0.05) is 299 Å². The van der Waals surface area contributed by atoms with Gasteiger partial charge in [-0.2, -0.15) is 0 Å². The van der Waals surface area contributed by atoms with Gasteiger partial charge in [0.05, 0.1) is 26.4 Å². The van der Waals surface area contributed by atoms with Crippen molar-refractivity contribution in [2.24, 2.45) is 23.7 Å². The molecule has 0 rings (SSSR count). The molecule has 0 saturated heterocycles. The average molecular weight is 1330 g/mol. The van der Waals surface area contributed by atoms with Gasteiger partial charge in [0.15, 0.2) is 12.2 Å². The first-order valence-corrected chi connectivity index (χ1v) is 39.8. The van der Waals surface area contributed by atoms with Crippen LogP contribution in [-0.4, -0.2) is 96.7 Å². The molecule has 0 spiro atoms. The Morgan fingerprint density at radius 1 is 0.311 bits per heavy atom. The van der Waals surface area contributed by atoms with E-state index in [9.17, 15) is 43.2 Å². The molecule has 0 aromatic rings. The molecule has 0 heterocycles. The van der Waals surface area contributed by atoms with Crippen LogP contribution in [0.1, 0.15) is 351 Å². The van der Waals surface area contributed by atoms with Gasteiger partial charge in [0, 0.05) is 25.7 Å². The number of phosphoric ester groups is 2. The molecule has 7 atom stereocenters. The number of aliphatic hydroxyl groups excluding tert-OH is 1. The quantitative estimate of drug-likeness (QED) is 0.0222. The van der Waals surface area contributed by atoms with Crippen molar-refractivity contribution in [2.45, 2.75) is 369 Å². The third-order valence-electron chi connectivity index (χ3n) is 17.0. The van der Waals surface area contributed by atoms with Crippen LogP contribution in [-0.2, 0) is 65.4 Å². The Morgan fingerprint density at radius 2 is 0.533 bits per heavy atom. The molecular weight excluding hydrogens is 1190 g/mol. The lowest BCUT2D eigenvalue weighted by molar-refractivity contribution is -0.161. The van der Waals surface area contributed by atoms with E-state index in [1.807, 2.05) is 0 Å². The van der Waals surface area contributed by atoms with Crippen molar-refractivity contribution in [1.82, 2.24) is 0 Å². The zero-order valence-electron chi connectivity index (χ0n) is 58.8. The number of carbonyl (C=O) groups is 4. The zero-order valence-corrected chi connectivity index (χ0v) is 60.6. The van der Waals surface area contributed by atoms with E-state index >= 15 is 0 Å². The Bertz CT molecular complexity index is 1790. The number of esters is 4. The van der Waals surface area contributed by atoms with Crippen LogP contribution < -0.4 is 0 Å². The number of ether oxygens (including phenoxy) is 4. The minimum atomic E-state index is -4.95. The Labute approximate surface area is 549 Å². The minimum absolute atomic E-state index is 0.105. The molecule has 0 bridgehead atoms. The molecule has 534 valence electrons. The van der Waals surface area contributed by atoms with Gasteiger partial charge >= 0.3 is 39.5 Å². The van der Waals surface area contributed by atoms with E-state index in [0.29, 0.717) is 37.5 Å². The number of unbranched alkanes of at least 4 members (excludes halogenated alkanes) is 32. The fourth-order valence-electron chi connectivity index (χ4n) is 10.6. The number of carbonyl (C=O) groups excluding carboxylic acids is 4. The molecule has 0 radical (unpaired) electrons. The lowest BCUT2D eigenvalue weighted by Gasteiger charge is -2.21. The minimum Gasteiger partial charge on any atom is -0.462 e. The standard InChI is InChI=1S/C71H138O17P2/c1-9-63(7)49-41-33-23-19-15-13-11-12-14-16-21-25-37-45-53-70(75)87-66(57-81-68(73)51-43-35-29-27-31-39-47-61(3)4)59-85-89(77,78)83-55-65(72)56-84-90(79,80)86-60-67(58-82-69(74)52-44-36-30-28-32-40-48-62(5)6)88-71(76)54-46-38-26-22-18-17-20-24-34-42-50-64(8)10-2/h61-67,72H,9-60H2,1-8H3,(H,77,78)(H,79,80)/t63?,64?,65-,66+,67+/m0/s1. The molecule has 0 amide bonds. The van der Waals surface area contributed by atoms with E-state index in [4.69, 9.17) is 37.0 Å². The SMILES string of the molecule is CCC(C)CCCCCCCCCCCCCCCCC(=O)O[C@H](COC(=O)CCCCCCCCC(C)C)COP(=O)(O)OC[C@H](O)COP(=O)(O)OC[C@@H](COC(=O)CCCCCCCCC(C)C)OC(=O)CCCCCCCCCCCCC(C)CC. The number of rotatable bonds is 68. The predicted molar refractivity (Wildman–Crippen MR) is 363 cm³/mol. The number of aliphatic hydroxyl groups is 1. The summed E-state index contributed by atoms with van der Waals surface area (Å²) < 4.78 is 68.2. The van der Waals surface area contributed by atoms with E-state index < -0.39 is 97.5 Å². The van der Waals surface area contributed by atoms with Gasteiger partial charge in [0.25, 0.3) is 0 Å². The molecule has 90 heavy (non-hydrogen) atoms. The number of hydrogen-bond donors (Lipinski definition) is 3. The molecule has 0 aromatic heterocycles. The van der Waals surface area contributed by atoms with Gasteiger partial charge in [-0.15, -0.1) is 0 Å². The summed E-state index contributed by atoms with van der Waals surface area (Å²) in [6, 6.07) is 0. The predicted octanol–water partition coefficient (Wildman–Crippen LogP) is 20.1. The van der Waals surface area contributed by atoms with Crippen LogP contribution in [0.25, 0.3) is 0 Å². The molecule has 17 nitrogen and oxygen atoms in total. The Balaban J connectivity index is 5.20. The molecule has 0 saturated carbocycles. The molecule has 4 unspecified atom stereocenters. The van der Waals surface area contributed by atoms with E-state index in [0.717, 1.165) is 115 Å². The second-order valence-corrected chi connectivity index (χ2v) is 30.0. The highest BCUT2D eigenvalue weighted by atomic mass is 31.2. The van der Waals surface area contributed by atoms with Gasteiger partial charge < -0.3 is 33.8 Å². The highest BCUT2D eigenvalue weighted by Crippen LogP contribution is 2.45. The molecule has 0 aliphatic rings. The summed E-state index contributed by atoms with van der Waals surface area (Å²) in [5.74, 6) is 0.876. The monoisotopic (exact) mass is 1320 g/mol. The second kappa shape index (κ2) is 60.7. The summed E-state index contributed by atoms with van der Waals surface area (Å²) in [7, 11) is -9.90. The van der Waals surface area contributed by atoms with Crippen LogP contribution in [0.2, 0.25) is 0 Å². The maximum atomic E-state index is 13.0. The molecular formula is C71H138O17P2. The highest BCUT2D eigenvalue weighted by Gasteiger charge is 2.30. The van der Waals surface area contributed by atoms with Gasteiger partial charge in [0.2, 0.25) is 0 Å². The zero-order chi connectivity index (χ0) is 66.8. The van der Waals surface area contributed by atoms with E-state index in [2.05, 4.69) is 55.4 Å². The number of hydrogen-bond acceptors (Lipinski definition) is 15. The van der Waals surface area contributed by atoms with Gasteiger partial charge in [0.1, 0.15) is 19.3 Å². The smallest absolute Gasteiger partial charge is 0.462 e. The summed E-state index contributed by atoms with van der Waals surface area (Å²) in [4.78, 5) is 72.5. The molecule has 19 heteroatoms. The van der Waals surface area contributed by atoms with Crippen LogP contribution in [0.4, 0.5) is 0 Å². The molecule has 0 aliphatic carbocycles. The average Bonchev–Trinajstić information content (AvgIpc) is 3.14. The topological polar surface area (TPSA) is 237 Å². The summed E-state index contributed by atoms with van der Waals surface area (Å²) in [6.07, 6.45) is 43.3. The maximum absolute atomic E-state index is 13.0. The van der Waals surface area contributed by atoms with E-state index in [1.165, 1.54) is 141 Å². The normalized spacial score (nSPS) is 14.9. The fraction of sp³-hybridized carbons (Fsp3) is 0.944. The third-order valence-corrected chi connectivity index (χ3v) is 18.9. The molecule has 3 N–H and O–H groups in total. The summed E-state index contributed by atoms with van der Waals surface area (Å²) >= 11 is 0. The third kappa shape index (κ3) is 62.2. The van der Waals surface area contributed by atoms with Crippen molar-refractivity contribution >= 4 is 39.5 Å². The molecule has 0 aliphatic heterocycles. The van der Waals surface area contributed by atoms with E-state index in [1.54, 1.807) is 0 Å². The summed E-state index contributed by atoms with van der Waals surface area (Å²) in [6.45, 7) is 14.1. The Kier molecular flexibility index (Phi) is 59.4. The van der Waals surface area contributed by atoms with Crippen molar-refractivity contribution in [2.75, 3.05) is 39.6 Å². The maximum Gasteiger partial charge on any atom is 0.472 e. The molecule has 0 fully saturated rings. The first-order valence-electron chi connectivity index (χ1n) is 36.8. The van der Waals surface area contributed by atoms with Crippen LogP contribution in [0, 0.1) is 23.7 Å². The first kappa shape index (κ1) is 88.1. The summed E-state index contributed by atoms with van der Waals surface area (Å²) in [5.41, 5.74) is 0. The van der Waals surface area contributed by atoms with Crippen molar-refractivity contribution in [3.63, 3.8) is 0 Å². The Morgan fingerprint density at radius 3 is 0.789 bits per heavy atom. The van der Waals surface area contributed by atoms with Crippen molar-refractivity contribution < 1.29 is 80.2 Å². The number of phosphoric acid groups is 2. The molecule has 0 aromatic carbocycles. The highest BCUT2D eigenvalue weighted by molar-refractivity contribution is 7.47. The van der Waals surface area contributed by atoms with Crippen molar-refractivity contribution in [3.05, 3.63) is 0 Å². The lowest BCUT2D eigenvalue weighted by atomic mass is 9.99. The lowest BCUT2D eigenvalue weighted by Crippen LogP contribution is -2.30. The van der Waals surface area contributed by atoms with Crippen molar-refractivity contribution in [1.29, 1.82) is 0 Å². The van der Waals surface area contributed by atoms with Gasteiger partial charge in [-0.25, -0.2) is 9.13 Å². The van der Waals surface area contributed by atoms with Crippen molar-refractivity contribution in [3.8, 4) is 0 Å². The van der Waals surface area contributed by atoms with Crippen LogP contribution in [0.5, 0.6) is 0 Å². The van der Waals surface area contributed by atoms with Gasteiger partial charge in [-0.05, 0) is 49.4 Å². The first-order chi connectivity index (χ1) is 43.2.